The highest BCUT2D eigenvalue weighted by atomic mass is 15.3. The molecule has 1 fully saturated rings. The topological polar surface area (TPSA) is 29.9 Å². The number of nitrogens with one attached hydrogen (secondary N) is 1. The van der Waals surface area contributed by atoms with E-state index in [-0.39, 0.29) is 0 Å². The predicted octanol–water partition coefficient (Wildman–Crippen LogP) is 2.57. The molecule has 0 atom stereocenters. The number of rotatable bonds is 7. The van der Waals surface area contributed by atoms with Crippen molar-refractivity contribution in [1.82, 2.24) is 15.1 Å². The summed E-state index contributed by atoms with van der Waals surface area (Å²) >= 11 is 0. The molecule has 2 rings (SSSR count). The second kappa shape index (κ2) is 5.48. The Morgan fingerprint density at radius 1 is 1.50 bits per heavy atom. The fourth-order valence-corrected chi connectivity index (χ4v) is 1.90. The maximum Gasteiger partial charge on any atom is 0.0522 e. The Bertz CT molecular complexity index is 313. The third-order valence-electron chi connectivity index (χ3n) is 3.11. The van der Waals surface area contributed by atoms with Crippen molar-refractivity contribution >= 4 is 0 Å². The molecule has 0 spiro atoms. The van der Waals surface area contributed by atoms with Crippen LogP contribution in [-0.2, 0) is 13.1 Å². The van der Waals surface area contributed by atoms with E-state index >= 15 is 0 Å². The molecule has 0 saturated heterocycles. The molecule has 1 saturated carbocycles. The molecular formula is C13H23N3. The molecule has 0 aliphatic heterocycles. The first-order chi connectivity index (χ1) is 7.75. The van der Waals surface area contributed by atoms with Gasteiger partial charge in [0.2, 0.25) is 0 Å². The van der Waals surface area contributed by atoms with Crippen LogP contribution in [0.2, 0.25) is 0 Å². The Balaban J connectivity index is 1.76. The Morgan fingerprint density at radius 3 is 3.00 bits per heavy atom. The van der Waals surface area contributed by atoms with Crippen molar-refractivity contribution in [2.75, 3.05) is 0 Å². The van der Waals surface area contributed by atoms with Gasteiger partial charge in [-0.15, -0.1) is 0 Å². The molecule has 0 amide bonds. The largest absolute Gasteiger partial charge is 0.308 e. The van der Waals surface area contributed by atoms with Crippen LogP contribution in [0.4, 0.5) is 0 Å². The fourth-order valence-electron chi connectivity index (χ4n) is 1.90. The van der Waals surface area contributed by atoms with Crippen molar-refractivity contribution < 1.29 is 0 Å². The zero-order valence-corrected chi connectivity index (χ0v) is 10.4. The maximum atomic E-state index is 4.39. The van der Waals surface area contributed by atoms with Crippen molar-refractivity contribution in [3.8, 4) is 0 Å². The lowest BCUT2D eigenvalue weighted by atomic mass is 10.1. The molecular weight excluding hydrogens is 198 g/mol. The Hall–Kier alpha value is -0.830. The Labute approximate surface area is 98.2 Å². The molecule has 0 radical (unpaired) electrons. The molecule has 1 aromatic heterocycles. The molecule has 0 aromatic carbocycles. The van der Waals surface area contributed by atoms with Gasteiger partial charge < -0.3 is 5.32 Å². The summed E-state index contributed by atoms with van der Waals surface area (Å²) in [6, 6.07) is 2.91. The first-order valence-corrected chi connectivity index (χ1v) is 6.50. The molecule has 3 nitrogen and oxygen atoms in total. The molecule has 1 aliphatic carbocycles. The van der Waals surface area contributed by atoms with Gasteiger partial charge in [0.05, 0.1) is 5.69 Å². The van der Waals surface area contributed by atoms with E-state index in [1.807, 2.05) is 6.20 Å². The summed E-state index contributed by atoms with van der Waals surface area (Å²) in [5.41, 5.74) is 1.33. The summed E-state index contributed by atoms with van der Waals surface area (Å²) in [5, 5.41) is 7.93. The third-order valence-corrected chi connectivity index (χ3v) is 3.11. The minimum atomic E-state index is 0.777. The number of aromatic nitrogens is 2. The van der Waals surface area contributed by atoms with E-state index in [1.54, 1.807) is 0 Å². The van der Waals surface area contributed by atoms with Gasteiger partial charge >= 0.3 is 0 Å². The average molecular weight is 221 g/mol. The molecule has 0 bridgehead atoms. The lowest BCUT2D eigenvalue weighted by Crippen LogP contribution is -2.18. The van der Waals surface area contributed by atoms with E-state index < -0.39 is 0 Å². The summed E-state index contributed by atoms with van der Waals surface area (Å²) in [4.78, 5) is 0. The summed E-state index contributed by atoms with van der Waals surface area (Å²) in [6.07, 6.45) is 7.13. The minimum Gasteiger partial charge on any atom is -0.308 e. The summed E-state index contributed by atoms with van der Waals surface area (Å²) in [7, 11) is 0. The second-order valence-corrected chi connectivity index (χ2v) is 5.24. The van der Waals surface area contributed by atoms with Crippen molar-refractivity contribution in [3.63, 3.8) is 0 Å². The highest BCUT2D eigenvalue weighted by Gasteiger charge is 2.20. The SMILES string of the molecule is CC(C)CCCn1nccc1CNC1CC1. The number of hydrogen-bond donors (Lipinski definition) is 1. The maximum absolute atomic E-state index is 4.39. The molecule has 3 heteroatoms. The molecule has 1 aromatic rings. The second-order valence-electron chi connectivity index (χ2n) is 5.24. The third kappa shape index (κ3) is 3.63. The van der Waals surface area contributed by atoms with Crippen LogP contribution >= 0.6 is 0 Å². The minimum absolute atomic E-state index is 0.777. The molecule has 1 N–H and O–H groups in total. The van der Waals surface area contributed by atoms with E-state index in [0.29, 0.717) is 0 Å². The van der Waals surface area contributed by atoms with Crippen LogP contribution in [0.1, 0.15) is 45.2 Å². The summed E-state index contributed by atoms with van der Waals surface area (Å²) in [6.45, 7) is 6.59. The van der Waals surface area contributed by atoms with Gasteiger partial charge in [-0.2, -0.15) is 5.10 Å². The molecule has 90 valence electrons. The Morgan fingerprint density at radius 2 is 2.31 bits per heavy atom. The van der Waals surface area contributed by atoms with E-state index in [0.717, 1.165) is 25.0 Å². The molecule has 0 unspecified atom stereocenters. The highest BCUT2D eigenvalue weighted by Crippen LogP contribution is 2.19. The van der Waals surface area contributed by atoms with Gasteiger partial charge in [0, 0.05) is 25.3 Å². The lowest BCUT2D eigenvalue weighted by Gasteiger charge is -2.09. The monoisotopic (exact) mass is 221 g/mol. The first kappa shape index (κ1) is 11.6. The quantitative estimate of drug-likeness (QED) is 0.767. The standard InChI is InChI=1S/C13H23N3/c1-11(2)4-3-9-16-13(7-8-15-16)10-14-12-5-6-12/h7-8,11-12,14H,3-6,9-10H2,1-2H3. The van der Waals surface area contributed by atoms with Gasteiger partial charge in [0.1, 0.15) is 0 Å². The lowest BCUT2D eigenvalue weighted by molar-refractivity contribution is 0.474. The predicted molar refractivity (Wildman–Crippen MR) is 66.2 cm³/mol. The van der Waals surface area contributed by atoms with Crippen LogP contribution in [0.25, 0.3) is 0 Å². The van der Waals surface area contributed by atoms with E-state index in [2.05, 4.69) is 35.0 Å². The zero-order valence-electron chi connectivity index (χ0n) is 10.4. The van der Waals surface area contributed by atoms with Crippen LogP contribution in [0.15, 0.2) is 12.3 Å². The van der Waals surface area contributed by atoms with Gasteiger partial charge in [-0.3, -0.25) is 4.68 Å². The van der Waals surface area contributed by atoms with Crippen molar-refractivity contribution in [2.45, 2.75) is 58.7 Å². The molecule has 1 heterocycles. The van der Waals surface area contributed by atoms with Crippen LogP contribution in [-0.4, -0.2) is 15.8 Å². The van der Waals surface area contributed by atoms with Gasteiger partial charge in [0.15, 0.2) is 0 Å². The fraction of sp³-hybridized carbons (Fsp3) is 0.769. The summed E-state index contributed by atoms with van der Waals surface area (Å²) in [5.74, 6) is 0.795. The van der Waals surface area contributed by atoms with Crippen molar-refractivity contribution in [2.24, 2.45) is 5.92 Å². The van der Waals surface area contributed by atoms with Crippen molar-refractivity contribution in [1.29, 1.82) is 0 Å². The number of hydrogen-bond acceptors (Lipinski definition) is 2. The summed E-state index contributed by atoms with van der Waals surface area (Å²) < 4.78 is 2.15. The zero-order chi connectivity index (χ0) is 11.4. The number of aryl methyl sites for hydroxylation is 1. The highest BCUT2D eigenvalue weighted by molar-refractivity contribution is 5.01. The van der Waals surface area contributed by atoms with E-state index in [1.165, 1.54) is 31.4 Å². The average Bonchev–Trinajstić information content (AvgIpc) is 2.96. The van der Waals surface area contributed by atoms with Crippen LogP contribution in [0.5, 0.6) is 0 Å². The van der Waals surface area contributed by atoms with E-state index in [4.69, 9.17) is 0 Å². The van der Waals surface area contributed by atoms with Gasteiger partial charge in [0.25, 0.3) is 0 Å². The van der Waals surface area contributed by atoms with Crippen LogP contribution < -0.4 is 5.32 Å². The van der Waals surface area contributed by atoms with Crippen LogP contribution in [0.3, 0.4) is 0 Å². The molecule has 1 aliphatic rings. The smallest absolute Gasteiger partial charge is 0.0522 e. The van der Waals surface area contributed by atoms with Crippen LogP contribution in [0, 0.1) is 5.92 Å². The van der Waals surface area contributed by atoms with Gasteiger partial charge in [-0.1, -0.05) is 13.8 Å². The normalized spacial score (nSPS) is 15.9. The first-order valence-electron chi connectivity index (χ1n) is 6.50. The number of nitrogens with zero attached hydrogens (tertiary/aromatic N) is 2. The van der Waals surface area contributed by atoms with Gasteiger partial charge in [-0.05, 0) is 37.7 Å². The van der Waals surface area contributed by atoms with E-state index in [9.17, 15) is 0 Å². The Kier molecular flexibility index (Phi) is 3.99. The molecule has 16 heavy (non-hydrogen) atoms. The van der Waals surface area contributed by atoms with Gasteiger partial charge in [-0.25, -0.2) is 0 Å². The van der Waals surface area contributed by atoms with Crippen molar-refractivity contribution in [3.05, 3.63) is 18.0 Å².